The van der Waals surface area contributed by atoms with E-state index in [0.717, 1.165) is 37.6 Å². The van der Waals surface area contributed by atoms with Crippen LogP contribution in [0.5, 0.6) is 0 Å². The SMILES string of the molecule is Fc1cccc([C@@H]2c3ccccc3CCN2C2=NC[C@]3(CN4CCC3CC4)O2)c1. The molecule has 5 aliphatic rings. The number of hydrogen-bond acceptors (Lipinski definition) is 4. The summed E-state index contributed by atoms with van der Waals surface area (Å²) in [6, 6.07) is 16.2. The zero-order valence-corrected chi connectivity index (χ0v) is 16.6. The van der Waals surface area contributed by atoms with Crippen molar-refractivity contribution in [2.45, 2.75) is 30.9 Å². The minimum absolute atomic E-state index is 0.0642. The van der Waals surface area contributed by atoms with Gasteiger partial charge in [0, 0.05) is 19.0 Å². The van der Waals surface area contributed by atoms with Crippen LogP contribution in [0.1, 0.15) is 35.6 Å². The summed E-state index contributed by atoms with van der Waals surface area (Å²) >= 11 is 0. The lowest BCUT2D eigenvalue weighted by Gasteiger charge is -2.50. The van der Waals surface area contributed by atoms with E-state index in [9.17, 15) is 4.39 Å². The third kappa shape index (κ3) is 2.78. The Bertz CT molecular complexity index is 968. The molecule has 0 unspecified atom stereocenters. The molecule has 2 aromatic carbocycles. The Morgan fingerprint density at radius 3 is 2.69 bits per heavy atom. The fourth-order valence-electron chi connectivity index (χ4n) is 5.83. The van der Waals surface area contributed by atoms with Crippen LogP contribution in [-0.4, -0.2) is 54.1 Å². The maximum Gasteiger partial charge on any atom is 0.288 e. The van der Waals surface area contributed by atoms with E-state index in [1.807, 2.05) is 6.07 Å². The van der Waals surface area contributed by atoms with Gasteiger partial charge in [0.15, 0.2) is 0 Å². The average molecular weight is 391 g/mol. The molecule has 2 aromatic rings. The van der Waals surface area contributed by atoms with Gasteiger partial charge in [0.05, 0.1) is 12.6 Å². The number of halogens is 1. The van der Waals surface area contributed by atoms with E-state index >= 15 is 0 Å². The number of ether oxygens (including phenoxy) is 1. The van der Waals surface area contributed by atoms with E-state index < -0.39 is 0 Å². The van der Waals surface area contributed by atoms with Crippen molar-refractivity contribution < 1.29 is 9.13 Å². The summed E-state index contributed by atoms with van der Waals surface area (Å²) < 4.78 is 20.8. The van der Waals surface area contributed by atoms with Gasteiger partial charge < -0.3 is 9.64 Å². The molecule has 5 heteroatoms. The predicted octanol–water partition coefficient (Wildman–Crippen LogP) is 3.62. The van der Waals surface area contributed by atoms with Crippen molar-refractivity contribution in [3.05, 3.63) is 71.0 Å². The van der Waals surface area contributed by atoms with Crippen LogP contribution in [0.4, 0.5) is 4.39 Å². The van der Waals surface area contributed by atoms with Gasteiger partial charge in [-0.2, -0.15) is 0 Å². The maximum atomic E-state index is 14.1. The molecular weight excluding hydrogens is 365 g/mol. The van der Waals surface area contributed by atoms with Crippen molar-refractivity contribution in [3.63, 3.8) is 0 Å². The molecule has 0 saturated carbocycles. The Morgan fingerprint density at radius 2 is 1.90 bits per heavy atom. The van der Waals surface area contributed by atoms with Gasteiger partial charge in [-0.05, 0) is 61.2 Å². The summed E-state index contributed by atoms with van der Waals surface area (Å²) in [5, 5.41) is 0. The van der Waals surface area contributed by atoms with E-state index in [1.165, 1.54) is 43.1 Å². The topological polar surface area (TPSA) is 28.1 Å². The zero-order valence-electron chi connectivity index (χ0n) is 16.6. The summed E-state index contributed by atoms with van der Waals surface area (Å²) in [6.45, 7) is 4.95. The Morgan fingerprint density at radius 1 is 1.03 bits per heavy atom. The highest BCUT2D eigenvalue weighted by molar-refractivity contribution is 5.78. The number of amidine groups is 1. The lowest BCUT2D eigenvalue weighted by molar-refractivity contribution is -0.0895. The van der Waals surface area contributed by atoms with Crippen molar-refractivity contribution in [2.75, 3.05) is 32.7 Å². The number of piperidine rings is 3. The van der Waals surface area contributed by atoms with Crippen LogP contribution in [0.2, 0.25) is 0 Å². The second-order valence-corrected chi connectivity index (χ2v) is 8.92. The first-order valence-electron chi connectivity index (χ1n) is 10.8. The molecule has 3 fully saturated rings. The Kier molecular flexibility index (Phi) is 3.95. The van der Waals surface area contributed by atoms with Gasteiger partial charge in [-0.3, -0.25) is 4.90 Å². The van der Waals surface area contributed by atoms with Crippen molar-refractivity contribution in [1.82, 2.24) is 9.80 Å². The van der Waals surface area contributed by atoms with E-state index in [2.05, 4.69) is 34.1 Å². The van der Waals surface area contributed by atoms with Gasteiger partial charge in [-0.1, -0.05) is 36.4 Å². The third-order valence-electron chi connectivity index (χ3n) is 7.29. The van der Waals surface area contributed by atoms with E-state index in [-0.39, 0.29) is 17.5 Å². The Balaban J connectivity index is 1.36. The molecule has 7 rings (SSSR count). The second kappa shape index (κ2) is 6.56. The van der Waals surface area contributed by atoms with Gasteiger partial charge in [-0.25, -0.2) is 9.38 Å². The standard InChI is InChI=1S/C24H26FN3O/c25-20-6-3-5-18(14-20)22-21-7-2-1-4-17(21)8-13-28(22)23-26-15-24(29-23)16-27-11-9-19(24)10-12-27/h1-7,14,19,22H,8-13,15-16H2/t22-,24-/m1/s1. The maximum absolute atomic E-state index is 14.1. The lowest BCUT2D eigenvalue weighted by atomic mass is 9.75. The van der Waals surface area contributed by atoms with Gasteiger partial charge in [0.25, 0.3) is 6.02 Å². The number of aliphatic imine (C=N–C) groups is 1. The molecule has 3 saturated heterocycles. The molecule has 4 nitrogen and oxygen atoms in total. The number of benzene rings is 2. The number of nitrogens with zero attached hydrogens (tertiary/aromatic N) is 3. The number of rotatable bonds is 1. The molecule has 0 aliphatic carbocycles. The van der Waals surface area contributed by atoms with Crippen LogP contribution in [0.25, 0.3) is 0 Å². The summed E-state index contributed by atoms with van der Waals surface area (Å²) in [5.41, 5.74) is 3.35. The van der Waals surface area contributed by atoms with Crippen molar-refractivity contribution in [3.8, 4) is 0 Å². The lowest BCUT2D eigenvalue weighted by Crippen LogP contribution is -2.61. The van der Waals surface area contributed by atoms with Crippen molar-refractivity contribution in [1.29, 1.82) is 0 Å². The molecule has 1 spiro atoms. The van der Waals surface area contributed by atoms with E-state index in [4.69, 9.17) is 9.73 Å². The summed E-state index contributed by atoms with van der Waals surface area (Å²) in [6.07, 6.45) is 3.37. The summed E-state index contributed by atoms with van der Waals surface area (Å²) in [7, 11) is 0. The average Bonchev–Trinajstić information content (AvgIpc) is 3.17. The Hall–Kier alpha value is -2.40. The van der Waals surface area contributed by atoms with Crippen LogP contribution >= 0.6 is 0 Å². The van der Waals surface area contributed by atoms with Crippen LogP contribution in [0.3, 0.4) is 0 Å². The van der Waals surface area contributed by atoms with Gasteiger partial charge in [0.2, 0.25) is 0 Å². The minimum atomic E-state index is -0.200. The van der Waals surface area contributed by atoms with Gasteiger partial charge in [-0.15, -0.1) is 0 Å². The summed E-state index contributed by atoms with van der Waals surface area (Å²) in [4.78, 5) is 9.72. The first-order chi connectivity index (χ1) is 14.2. The van der Waals surface area contributed by atoms with Crippen molar-refractivity contribution in [2.24, 2.45) is 10.9 Å². The van der Waals surface area contributed by atoms with E-state index in [0.29, 0.717) is 5.92 Å². The minimum Gasteiger partial charge on any atom is -0.455 e. The van der Waals surface area contributed by atoms with Crippen LogP contribution in [0, 0.1) is 11.7 Å². The molecule has 2 atom stereocenters. The molecule has 29 heavy (non-hydrogen) atoms. The molecule has 0 amide bonds. The molecular formula is C24H26FN3O. The third-order valence-corrected chi connectivity index (χ3v) is 7.29. The first kappa shape index (κ1) is 17.5. The molecule has 150 valence electrons. The number of hydrogen-bond donors (Lipinski definition) is 0. The van der Waals surface area contributed by atoms with Crippen LogP contribution in [0.15, 0.2) is 53.5 Å². The van der Waals surface area contributed by atoms with Gasteiger partial charge in [0.1, 0.15) is 11.4 Å². The predicted molar refractivity (Wildman–Crippen MR) is 110 cm³/mol. The van der Waals surface area contributed by atoms with Crippen LogP contribution in [-0.2, 0) is 11.2 Å². The zero-order chi connectivity index (χ0) is 19.4. The highest BCUT2D eigenvalue weighted by Gasteiger charge is 2.53. The monoisotopic (exact) mass is 391 g/mol. The molecule has 5 aliphatic heterocycles. The second-order valence-electron chi connectivity index (χ2n) is 8.92. The quantitative estimate of drug-likeness (QED) is 0.743. The van der Waals surface area contributed by atoms with Gasteiger partial charge >= 0.3 is 0 Å². The highest BCUT2D eigenvalue weighted by atomic mass is 19.1. The molecule has 0 radical (unpaired) electrons. The molecule has 2 bridgehead atoms. The molecule has 0 aromatic heterocycles. The largest absolute Gasteiger partial charge is 0.455 e. The first-order valence-corrected chi connectivity index (χ1v) is 10.8. The highest BCUT2D eigenvalue weighted by Crippen LogP contribution is 2.43. The van der Waals surface area contributed by atoms with Crippen LogP contribution < -0.4 is 0 Å². The number of fused-ring (bicyclic) bond motifs is 3. The fourth-order valence-corrected chi connectivity index (χ4v) is 5.83. The normalized spacial score (nSPS) is 32.8. The molecule has 5 heterocycles. The van der Waals surface area contributed by atoms with Crippen molar-refractivity contribution >= 4 is 6.02 Å². The fraction of sp³-hybridized carbons (Fsp3) is 0.458. The Labute approximate surface area is 171 Å². The summed E-state index contributed by atoms with van der Waals surface area (Å²) in [5.74, 6) is 0.395. The molecule has 0 N–H and O–H groups in total. The van der Waals surface area contributed by atoms with E-state index in [1.54, 1.807) is 12.1 Å². The smallest absolute Gasteiger partial charge is 0.288 e.